The summed E-state index contributed by atoms with van der Waals surface area (Å²) in [5.41, 5.74) is -1.56. The molecular formula is C37H34F7NO5. The third-order valence-corrected chi connectivity index (χ3v) is 9.35. The minimum atomic E-state index is -5.21. The number of carbonyl (C=O) groups is 2. The number of hydrogen-bond acceptors (Lipinski definition) is 5. The number of aromatic hydroxyl groups is 1. The number of phenols is 1. The number of rotatable bonds is 9. The van der Waals surface area contributed by atoms with E-state index in [1.807, 2.05) is 12.1 Å². The smallest absolute Gasteiger partial charge is 0.416 e. The molecular weight excluding hydrogens is 671 g/mol. The molecule has 1 aliphatic carbocycles. The van der Waals surface area contributed by atoms with Crippen LogP contribution < -0.4 is 4.90 Å². The average molecular weight is 706 g/mol. The minimum Gasteiger partial charge on any atom is -0.505 e. The third kappa shape index (κ3) is 7.34. The molecule has 3 aromatic rings. The number of carbonyl (C=O) groups excluding carboxylic acids is 2. The van der Waals surface area contributed by atoms with E-state index in [0.29, 0.717) is 33.7 Å². The number of aliphatic hydroxyl groups is 2. The second-order valence-electron chi connectivity index (χ2n) is 12.8. The SMILES string of the molecule is CC(C)C1=C([C@H](O)CC/C(=C/c2ccc(O)c(F)c2)c2ccccc2)[C@H](CO)[C@@H]2C(=O)N(c3cc(C(F)(F)F)cc(C(F)(F)F)c3)C(=O)[C@@H]2C1. The summed E-state index contributed by atoms with van der Waals surface area (Å²) in [6, 6.07) is 13.4. The Morgan fingerprint density at radius 2 is 1.54 bits per heavy atom. The molecule has 50 heavy (non-hydrogen) atoms. The van der Waals surface area contributed by atoms with E-state index in [1.165, 1.54) is 12.1 Å². The Morgan fingerprint density at radius 3 is 2.08 bits per heavy atom. The molecule has 4 atom stereocenters. The van der Waals surface area contributed by atoms with Crippen LogP contribution in [0.2, 0.25) is 0 Å². The van der Waals surface area contributed by atoms with Gasteiger partial charge in [-0.15, -0.1) is 0 Å². The van der Waals surface area contributed by atoms with Crippen molar-refractivity contribution in [2.45, 2.75) is 51.6 Å². The summed E-state index contributed by atoms with van der Waals surface area (Å²) in [5, 5.41) is 31.9. The molecule has 2 aliphatic rings. The standard InChI is InChI=1S/C37H34F7NO5/c1-19(2)26-17-27-33(35(50)45(34(27)49)25-15-23(36(39,40)41)14-24(16-25)37(42,43)44)28(18-46)32(26)31(48)11-9-22(21-6-4-3-5-7-21)12-20-8-10-30(47)29(38)13-20/h3-8,10,12-16,19,27-28,31,33,46-48H,9,11,17-18H2,1-2H3/b22-12-/t27-,28+,31-,33-/m1/s1. The van der Waals surface area contributed by atoms with Gasteiger partial charge in [-0.2, -0.15) is 26.3 Å². The maximum atomic E-state index is 14.1. The highest BCUT2D eigenvalue weighted by molar-refractivity contribution is 6.22. The van der Waals surface area contributed by atoms with Crippen LogP contribution in [0.15, 0.2) is 77.9 Å². The van der Waals surface area contributed by atoms with Gasteiger partial charge < -0.3 is 15.3 Å². The van der Waals surface area contributed by atoms with Gasteiger partial charge in [0.2, 0.25) is 11.8 Å². The predicted molar refractivity (Wildman–Crippen MR) is 171 cm³/mol. The molecule has 5 rings (SSSR count). The fourth-order valence-corrected chi connectivity index (χ4v) is 6.98. The molecule has 0 saturated carbocycles. The number of imide groups is 1. The number of hydrogen-bond donors (Lipinski definition) is 3. The Balaban J connectivity index is 1.50. The van der Waals surface area contributed by atoms with Gasteiger partial charge in [0.05, 0.1) is 41.4 Å². The molecule has 266 valence electrons. The first-order valence-corrected chi connectivity index (χ1v) is 15.9. The van der Waals surface area contributed by atoms with Gasteiger partial charge in [0, 0.05) is 5.92 Å². The number of alkyl halides is 6. The summed E-state index contributed by atoms with van der Waals surface area (Å²) in [5.74, 6) is -7.44. The highest BCUT2D eigenvalue weighted by Gasteiger charge is 2.56. The number of allylic oxidation sites excluding steroid dienone is 2. The van der Waals surface area contributed by atoms with Gasteiger partial charge in [0.15, 0.2) is 11.6 Å². The Kier molecular flexibility index (Phi) is 10.3. The Bertz CT molecular complexity index is 1800. The molecule has 2 amide bonds. The van der Waals surface area contributed by atoms with Crippen molar-refractivity contribution in [2.75, 3.05) is 11.5 Å². The molecule has 6 nitrogen and oxygen atoms in total. The number of amides is 2. The predicted octanol–water partition coefficient (Wildman–Crippen LogP) is 8.02. The second-order valence-corrected chi connectivity index (χ2v) is 12.8. The highest BCUT2D eigenvalue weighted by Crippen LogP contribution is 2.50. The van der Waals surface area contributed by atoms with Crippen molar-refractivity contribution in [3.63, 3.8) is 0 Å². The largest absolute Gasteiger partial charge is 0.505 e. The van der Waals surface area contributed by atoms with Crippen molar-refractivity contribution in [3.8, 4) is 5.75 Å². The monoisotopic (exact) mass is 705 g/mol. The van der Waals surface area contributed by atoms with Gasteiger partial charge in [0.1, 0.15) is 0 Å². The Labute approximate surface area is 283 Å². The first-order valence-electron chi connectivity index (χ1n) is 15.9. The molecule has 1 saturated heterocycles. The van der Waals surface area contributed by atoms with Crippen LogP contribution in [-0.2, 0) is 21.9 Å². The molecule has 0 bridgehead atoms. The van der Waals surface area contributed by atoms with E-state index in [1.54, 1.807) is 38.1 Å². The third-order valence-electron chi connectivity index (χ3n) is 9.35. The summed E-state index contributed by atoms with van der Waals surface area (Å²) < 4.78 is 96.0. The zero-order chi connectivity index (χ0) is 36.7. The molecule has 3 N–H and O–H groups in total. The zero-order valence-corrected chi connectivity index (χ0v) is 26.9. The Morgan fingerprint density at radius 1 is 0.920 bits per heavy atom. The van der Waals surface area contributed by atoms with E-state index in [4.69, 9.17) is 0 Å². The average Bonchev–Trinajstić information content (AvgIpc) is 3.31. The van der Waals surface area contributed by atoms with Crippen molar-refractivity contribution in [2.24, 2.45) is 23.7 Å². The lowest BCUT2D eigenvalue weighted by Gasteiger charge is -2.38. The first kappa shape index (κ1) is 36.8. The van der Waals surface area contributed by atoms with E-state index in [9.17, 15) is 55.6 Å². The lowest BCUT2D eigenvalue weighted by Crippen LogP contribution is -2.40. The Hall–Kier alpha value is -4.49. The van der Waals surface area contributed by atoms with Gasteiger partial charge in [-0.05, 0) is 77.8 Å². The van der Waals surface area contributed by atoms with Crippen LogP contribution in [0.1, 0.15) is 55.4 Å². The van der Waals surface area contributed by atoms with Crippen LogP contribution in [0, 0.1) is 29.5 Å². The topological polar surface area (TPSA) is 98.1 Å². The molecule has 1 heterocycles. The maximum absolute atomic E-state index is 14.1. The number of phenolic OH excluding ortho intramolecular Hbond substituents is 1. The van der Waals surface area contributed by atoms with E-state index in [0.717, 1.165) is 11.6 Å². The second kappa shape index (κ2) is 14.0. The molecule has 0 radical (unpaired) electrons. The number of nitrogens with zero attached hydrogens (tertiary/aromatic N) is 1. The fourth-order valence-electron chi connectivity index (χ4n) is 6.98. The van der Waals surface area contributed by atoms with Crippen LogP contribution >= 0.6 is 0 Å². The number of aliphatic hydroxyl groups excluding tert-OH is 2. The van der Waals surface area contributed by atoms with Crippen LogP contribution in [0.5, 0.6) is 5.75 Å². The minimum absolute atomic E-state index is 0.0369. The van der Waals surface area contributed by atoms with Crippen LogP contribution in [0.3, 0.4) is 0 Å². The van der Waals surface area contributed by atoms with Crippen molar-refractivity contribution in [3.05, 3.63) is 106 Å². The lowest BCUT2D eigenvalue weighted by atomic mass is 9.66. The zero-order valence-electron chi connectivity index (χ0n) is 26.9. The lowest BCUT2D eigenvalue weighted by molar-refractivity contribution is -0.143. The molecule has 0 spiro atoms. The molecule has 1 fully saturated rings. The number of anilines is 1. The fraction of sp³-hybridized carbons (Fsp3) is 0.351. The van der Waals surface area contributed by atoms with E-state index >= 15 is 0 Å². The summed E-state index contributed by atoms with van der Waals surface area (Å²) in [4.78, 5) is 27.9. The summed E-state index contributed by atoms with van der Waals surface area (Å²) in [7, 11) is 0. The van der Waals surface area contributed by atoms with Gasteiger partial charge in [-0.25, -0.2) is 9.29 Å². The molecule has 0 unspecified atom stereocenters. The first-order chi connectivity index (χ1) is 23.4. The molecule has 1 aliphatic heterocycles. The quantitative estimate of drug-likeness (QED) is 0.0907. The molecule has 13 heteroatoms. The van der Waals surface area contributed by atoms with Crippen molar-refractivity contribution >= 4 is 29.2 Å². The van der Waals surface area contributed by atoms with E-state index in [2.05, 4.69) is 0 Å². The van der Waals surface area contributed by atoms with Crippen LogP contribution in [0.25, 0.3) is 11.6 Å². The van der Waals surface area contributed by atoms with E-state index < -0.39 is 83.0 Å². The number of halogens is 7. The van der Waals surface area contributed by atoms with E-state index in [-0.39, 0.29) is 36.8 Å². The van der Waals surface area contributed by atoms with Gasteiger partial charge >= 0.3 is 12.4 Å². The van der Waals surface area contributed by atoms with Gasteiger partial charge in [-0.1, -0.05) is 61.9 Å². The summed E-state index contributed by atoms with van der Waals surface area (Å²) >= 11 is 0. The van der Waals surface area contributed by atoms with Gasteiger partial charge in [-0.3, -0.25) is 9.59 Å². The summed E-state index contributed by atoms with van der Waals surface area (Å²) in [6.45, 7) is 2.81. The van der Waals surface area contributed by atoms with Crippen LogP contribution in [-0.4, -0.2) is 39.8 Å². The normalized spacial score (nSPS) is 20.9. The van der Waals surface area contributed by atoms with Crippen molar-refractivity contribution in [1.29, 1.82) is 0 Å². The molecule has 0 aromatic heterocycles. The van der Waals surface area contributed by atoms with Crippen molar-refractivity contribution in [1.82, 2.24) is 0 Å². The maximum Gasteiger partial charge on any atom is 0.416 e. The molecule has 3 aromatic carbocycles. The van der Waals surface area contributed by atoms with Gasteiger partial charge in [0.25, 0.3) is 0 Å². The summed E-state index contributed by atoms with van der Waals surface area (Å²) in [6.07, 6.45) is -9.88. The van der Waals surface area contributed by atoms with Crippen LogP contribution in [0.4, 0.5) is 36.4 Å². The number of benzene rings is 3. The number of fused-ring (bicyclic) bond motifs is 1. The van der Waals surface area contributed by atoms with Crippen molar-refractivity contribution < 1.29 is 55.6 Å². The highest BCUT2D eigenvalue weighted by atomic mass is 19.4.